The van der Waals surface area contributed by atoms with Crippen molar-refractivity contribution in [3.05, 3.63) is 22.6 Å². The molecule has 1 aliphatic rings. The second-order valence-electron chi connectivity index (χ2n) is 2.98. The summed E-state index contributed by atoms with van der Waals surface area (Å²) in [6.07, 6.45) is 5.29. The maximum atomic E-state index is 4.09. The first kappa shape index (κ1) is 7.25. The normalized spacial score (nSPS) is 13.7. The van der Waals surface area contributed by atoms with E-state index in [2.05, 4.69) is 25.7 Å². The Morgan fingerprint density at radius 3 is 3.14 bits per heavy atom. The number of H-pyrrole nitrogens is 1. The first-order valence-corrected chi connectivity index (χ1v) is 4.23. The molecule has 5 nitrogen and oxygen atoms in total. The molecule has 0 radical (unpaired) electrons. The van der Waals surface area contributed by atoms with E-state index in [0.717, 1.165) is 21.5 Å². The molecule has 3 rings (SSSR count). The van der Waals surface area contributed by atoms with E-state index in [1.54, 1.807) is 12.5 Å². The molecule has 0 aliphatic carbocycles. The standard InChI is InChI=1S/C9H7N5/c1-2-8-9(13-14-12-8)7-4-11-5-10-3-6(1)7/h1-5H,(H,10,11)(H,12,13,14). The monoisotopic (exact) mass is 185 g/mol. The molecule has 1 aliphatic heterocycles. The summed E-state index contributed by atoms with van der Waals surface area (Å²) >= 11 is 0. The van der Waals surface area contributed by atoms with Gasteiger partial charge in [-0.2, -0.15) is 15.4 Å². The van der Waals surface area contributed by atoms with Gasteiger partial charge in [-0.3, -0.25) is 0 Å². The largest absolute Gasteiger partial charge is 0.352 e. The lowest BCUT2D eigenvalue weighted by Crippen LogP contribution is -2.26. The quantitative estimate of drug-likeness (QED) is 0.557. The lowest BCUT2D eigenvalue weighted by molar-refractivity contribution is 0.958. The van der Waals surface area contributed by atoms with E-state index in [0.29, 0.717) is 0 Å². The first-order chi connectivity index (χ1) is 6.95. The van der Waals surface area contributed by atoms with Crippen molar-refractivity contribution in [1.29, 1.82) is 0 Å². The summed E-state index contributed by atoms with van der Waals surface area (Å²) in [5.74, 6) is 0. The molecule has 2 aromatic rings. The van der Waals surface area contributed by atoms with Gasteiger partial charge in [-0.05, 0) is 6.07 Å². The molecule has 5 heteroatoms. The van der Waals surface area contributed by atoms with Gasteiger partial charge in [-0.25, -0.2) is 4.99 Å². The van der Waals surface area contributed by atoms with E-state index in [9.17, 15) is 0 Å². The van der Waals surface area contributed by atoms with Crippen molar-refractivity contribution in [1.82, 2.24) is 20.7 Å². The Labute approximate surface area is 78.9 Å². The van der Waals surface area contributed by atoms with Crippen LogP contribution in [0.1, 0.15) is 0 Å². The molecule has 2 N–H and O–H groups in total. The van der Waals surface area contributed by atoms with E-state index in [-0.39, 0.29) is 0 Å². The van der Waals surface area contributed by atoms with Crippen LogP contribution in [-0.2, 0) is 0 Å². The van der Waals surface area contributed by atoms with Gasteiger partial charge in [-0.1, -0.05) is 6.07 Å². The number of benzene rings is 1. The minimum Gasteiger partial charge on any atom is -0.352 e. The Morgan fingerprint density at radius 2 is 2.14 bits per heavy atom. The van der Waals surface area contributed by atoms with Gasteiger partial charge in [0.1, 0.15) is 11.0 Å². The average Bonchev–Trinajstić information content (AvgIpc) is 2.55. The SMILES string of the molecule is C1=NC=c2ccc3n[nH]nc3c2=CN1. The number of hydrogen-bond donors (Lipinski definition) is 2. The van der Waals surface area contributed by atoms with E-state index in [4.69, 9.17) is 0 Å². The van der Waals surface area contributed by atoms with E-state index in [1.165, 1.54) is 0 Å². The highest BCUT2D eigenvalue weighted by Crippen LogP contribution is 1.97. The zero-order valence-electron chi connectivity index (χ0n) is 7.23. The number of aromatic amines is 1. The van der Waals surface area contributed by atoms with Crippen molar-refractivity contribution in [2.75, 3.05) is 0 Å². The van der Waals surface area contributed by atoms with Crippen LogP contribution in [0.4, 0.5) is 0 Å². The molecule has 14 heavy (non-hydrogen) atoms. The molecule has 0 atom stereocenters. The Balaban J connectivity index is 2.58. The highest BCUT2D eigenvalue weighted by atomic mass is 15.3. The number of nitrogens with one attached hydrogen (secondary N) is 2. The third-order valence-electron chi connectivity index (χ3n) is 2.15. The van der Waals surface area contributed by atoms with Crippen molar-refractivity contribution in [3.63, 3.8) is 0 Å². The molecule has 0 saturated carbocycles. The van der Waals surface area contributed by atoms with Gasteiger partial charge in [0.25, 0.3) is 0 Å². The van der Waals surface area contributed by atoms with Gasteiger partial charge in [0, 0.05) is 22.8 Å². The van der Waals surface area contributed by atoms with Crippen molar-refractivity contribution < 1.29 is 0 Å². The summed E-state index contributed by atoms with van der Waals surface area (Å²) in [5, 5.41) is 15.7. The summed E-state index contributed by atoms with van der Waals surface area (Å²) in [5.41, 5.74) is 1.72. The maximum absolute atomic E-state index is 4.09. The van der Waals surface area contributed by atoms with Crippen LogP contribution < -0.4 is 15.8 Å². The fourth-order valence-electron chi connectivity index (χ4n) is 1.49. The number of fused-ring (bicyclic) bond motifs is 3. The molecule has 2 heterocycles. The van der Waals surface area contributed by atoms with Gasteiger partial charge in [0.2, 0.25) is 0 Å². The number of aliphatic imine (C=N–C) groups is 1. The molecule has 68 valence electrons. The van der Waals surface area contributed by atoms with Crippen LogP contribution in [-0.4, -0.2) is 21.7 Å². The number of nitrogens with zero attached hydrogens (tertiary/aromatic N) is 3. The van der Waals surface area contributed by atoms with Gasteiger partial charge in [0.15, 0.2) is 0 Å². The van der Waals surface area contributed by atoms with Crippen LogP contribution in [0, 0.1) is 0 Å². The Bertz CT molecular complexity index is 622. The second-order valence-corrected chi connectivity index (χ2v) is 2.98. The first-order valence-electron chi connectivity index (χ1n) is 4.23. The molecular formula is C9H7N5. The predicted octanol–water partition coefficient (Wildman–Crippen LogP) is -0.935. The Morgan fingerprint density at radius 1 is 1.14 bits per heavy atom. The highest BCUT2D eigenvalue weighted by Gasteiger charge is 2.00. The van der Waals surface area contributed by atoms with Gasteiger partial charge in [0.05, 0.1) is 6.34 Å². The van der Waals surface area contributed by atoms with Crippen LogP contribution in [0.5, 0.6) is 0 Å². The number of rotatable bonds is 0. The Kier molecular flexibility index (Phi) is 1.38. The smallest absolute Gasteiger partial charge is 0.122 e. The number of hydrogen-bond acceptors (Lipinski definition) is 4. The summed E-state index contributed by atoms with van der Waals surface area (Å²) in [4.78, 5) is 4.05. The van der Waals surface area contributed by atoms with Crippen LogP contribution >= 0.6 is 0 Å². The maximum Gasteiger partial charge on any atom is 0.122 e. The summed E-state index contributed by atoms with van der Waals surface area (Å²) < 4.78 is 0. The van der Waals surface area contributed by atoms with Crippen LogP contribution in [0.3, 0.4) is 0 Å². The molecule has 0 bridgehead atoms. The fraction of sp³-hybridized carbons (Fsp3) is 0. The summed E-state index contributed by atoms with van der Waals surface area (Å²) in [7, 11) is 0. The highest BCUT2D eigenvalue weighted by molar-refractivity contribution is 5.77. The lowest BCUT2D eigenvalue weighted by atomic mass is 10.2. The molecule has 1 aromatic carbocycles. The minimum absolute atomic E-state index is 0.858. The van der Waals surface area contributed by atoms with E-state index in [1.807, 2.05) is 18.3 Å². The molecule has 0 spiro atoms. The van der Waals surface area contributed by atoms with Crippen molar-refractivity contribution in [2.24, 2.45) is 4.99 Å². The van der Waals surface area contributed by atoms with Crippen molar-refractivity contribution in [2.45, 2.75) is 0 Å². The molecule has 0 amide bonds. The topological polar surface area (TPSA) is 66.0 Å². The third-order valence-corrected chi connectivity index (χ3v) is 2.15. The van der Waals surface area contributed by atoms with Crippen LogP contribution in [0.15, 0.2) is 17.1 Å². The third kappa shape index (κ3) is 0.922. The Hall–Kier alpha value is -2.17. The second kappa shape index (κ2) is 2.66. The molecular weight excluding hydrogens is 178 g/mol. The zero-order valence-corrected chi connectivity index (χ0v) is 7.23. The van der Waals surface area contributed by atoms with E-state index < -0.39 is 0 Å². The van der Waals surface area contributed by atoms with Crippen molar-refractivity contribution >= 4 is 29.8 Å². The van der Waals surface area contributed by atoms with Gasteiger partial charge >= 0.3 is 0 Å². The summed E-state index contributed by atoms with van der Waals surface area (Å²) in [6, 6.07) is 3.89. The predicted molar refractivity (Wildman–Crippen MR) is 53.7 cm³/mol. The molecule has 0 saturated heterocycles. The van der Waals surface area contributed by atoms with E-state index >= 15 is 0 Å². The van der Waals surface area contributed by atoms with Crippen molar-refractivity contribution in [3.8, 4) is 0 Å². The van der Waals surface area contributed by atoms with Gasteiger partial charge in [-0.15, -0.1) is 0 Å². The lowest BCUT2D eigenvalue weighted by Gasteiger charge is -1.89. The van der Waals surface area contributed by atoms with Crippen LogP contribution in [0.25, 0.3) is 23.4 Å². The minimum atomic E-state index is 0.858. The average molecular weight is 185 g/mol. The fourth-order valence-corrected chi connectivity index (χ4v) is 1.49. The molecule has 0 fully saturated rings. The molecule has 0 unspecified atom stereocenters. The summed E-state index contributed by atoms with van der Waals surface area (Å²) in [6.45, 7) is 0. The van der Waals surface area contributed by atoms with Crippen LogP contribution in [0.2, 0.25) is 0 Å². The molecule has 1 aromatic heterocycles. The zero-order chi connectivity index (χ0) is 9.38. The van der Waals surface area contributed by atoms with Gasteiger partial charge < -0.3 is 5.32 Å². The number of aromatic nitrogens is 3.